The van der Waals surface area contributed by atoms with E-state index in [9.17, 15) is 0 Å². The third kappa shape index (κ3) is 2.69. The number of rotatable bonds is 1. The molecule has 0 N–H and O–H groups in total. The zero-order valence-corrected chi connectivity index (χ0v) is 18.4. The van der Waals surface area contributed by atoms with E-state index in [0.717, 1.165) is 11.2 Å². The normalized spacial score (nSPS) is 12.1. The lowest BCUT2D eigenvalue weighted by molar-refractivity contribution is 0.594. The Morgan fingerprint density at radius 1 is 0.643 bits per heavy atom. The molecular weight excluding hydrogens is 334 g/mol. The monoisotopic (exact) mass is 360 g/mol. The van der Waals surface area contributed by atoms with E-state index in [1.54, 1.807) is 0 Å². The van der Waals surface area contributed by atoms with Crippen molar-refractivity contribution in [2.75, 3.05) is 0 Å². The SMILES string of the molecule is Bc1c(B)c(B)c(-c2cccc3oc4cccc(C(C)(C)C)c4c23)c(B)c1B. The molecule has 0 bridgehead atoms. The van der Waals surface area contributed by atoms with E-state index in [1.165, 1.54) is 54.8 Å². The van der Waals surface area contributed by atoms with Crippen LogP contribution in [-0.2, 0) is 5.41 Å². The van der Waals surface area contributed by atoms with Crippen LogP contribution in [0.25, 0.3) is 33.1 Å². The second kappa shape index (κ2) is 6.41. The molecule has 0 aliphatic heterocycles. The topological polar surface area (TPSA) is 13.1 Å². The molecule has 0 saturated carbocycles. The van der Waals surface area contributed by atoms with Crippen LogP contribution in [0.3, 0.4) is 0 Å². The minimum absolute atomic E-state index is 0.0482. The third-order valence-electron chi connectivity index (χ3n) is 6.60. The second-order valence-corrected chi connectivity index (χ2v) is 9.21. The molecule has 1 nitrogen and oxygen atoms in total. The molecule has 6 heteroatoms. The van der Waals surface area contributed by atoms with Crippen LogP contribution in [0.15, 0.2) is 40.8 Å². The third-order valence-corrected chi connectivity index (χ3v) is 6.60. The van der Waals surface area contributed by atoms with Gasteiger partial charge in [-0.05, 0) is 34.2 Å². The van der Waals surface area contributed by atoms with Crippen molar-refractivity contribution in [2.45, 2.75) is 26.2 Å². The summed E-state index contributed by atoms with van der Waals surface area (Å²) in [7, 11) is 11.2. The number of benzene rings is 3. The molecule has 0 saturated heterocycles. The molecule has 1 heterocycles. The van der Waals surface area contributed by atoms with Crippen molar-refractivity contribution in [1.82, 2.24) is 0 Å². The summed E-state index contributed by atoms with van der Waals surface area (Å²) in [5.41, 5.74) is 12.9. The highest BCUT2D eigenvalue weighted by atomic mass is 16.3. The van der Waals surface area contributed by atoms with Gasteiger partial charge < -0.3 is 4.42 Å². The first-order valence-electron chi connectivity index (χ1n) is 10.1. The van der Waals surface area contributed by atoms with Crippen LogP contribution in [0.5, 0.6) is 0 Å². The van der Waals surface area contributed by atoms with Gasteiger partial charge in [0.2, 0.25) is 0 Å². The van der Waals surface area contributed by atoms with Crippen molar-refractivity contribution in [2.24, 2.45) is 0 Å². The first-order valence-corrected chi connectivity index (χ1v) is 10.1. The summed E-state index contributed by atoms with van der Waals surface area (Å²) in [5.74, 6) is 0. The number of furan rings is 1. The summed E-state index contributed by atoms with van der Waals surface area (Å²) in [6, 6.07) is 12.9. The molecule has 0 fully saturated rings. The molecule has 0 atom stereocenters. The predicted molar refractivity (Wildman–Crippen MR) is 139 cm³/mol. The average Bonchev–Trinajstić information content (AvgIpc) is 3.03. The zero-order chi connectivity index (χ0) is 20.4. The van der Waals surface area contributed by atoms with E-state index in [0.29, 0.717) is 0 Å². The fourth-order valence-electron chi connectivity index (χ4n) is 4.60. The van der Waals surface area contributed by atoms with Gasteiger partial charge in [0.1, 0.15) is 50.4 Å². The molecule has 0 radical (unpaired) electrons. The van der Waals surface area contributed by atoms with Crippen LogP contribution in [-0.4, -0.2) is 39.2 Å². The molecule has 134 valence electrons. The molecule has 0 aliphatic rings. The van der Waals surface area contributed by atoms with Gasteiger partial charge in [-0.2, -0.15) is 0 Å². The Balaban J connectivity index is 2.23. The van der Waals surface area contributed by atoms with Crippen molar-refractivity contribution >= 4 is 88.5 Å². The molecular formula is C22H25B5O. The Morgan fingerprint density at radius 2 is 1.14 bits per heavy atom. The minimum Gasteiger partial charge on any atom is -0.456 e. The largest absolute Gasteiger partial charge is 0.456 e. The molecule has 28 heavy (non-hydrogen) atoms. The highest BCUT2D eigenvalue weighted by Gasteiger charge is 2.23. The van der Waals surface area contributed by atoms with Gasteiger partial charge in [0.15, 0.2) is 0 Å². The summed E-state index contributed by atoms with van der Waals surface area (Å²) in [6.07, 6.45) is 0. The van der Waals surface area contributed by atoms with Crippen LogP contribution in [0, 0.1) is 0 Å². The summed E-state index contributed by atoms with van der Waals surface area (Å²) < 4.78 is 6.31. The summed E-state index contributed by atoms with van der Waals surface area (Å²) >= 11 is 0. The first kappa shape index (κ1) is 19.1. The molecule has 0 aliphatic carbocycles. The molecule has 0 amide bonds. The van der Waals surface area contributed by atoms with E-state index in [2.05, 4.69) is 96.4 Å². The number of hydrogen-bond donors (Lipinski definition) is 0. The Hall–Kier alpha value is -2.22. The van der Waals surface area contributed by atoms with E-state index in [1.807, 2.05) is 0 Å². The summed E-state index contributed by atoms with van der Waals surface area (Å²) in [4.78, 5) is 0. The van der Waals surface area contributed by atoms with Crippen molar-refractivity contribution in [3.05, 3.63) is 42.0 Å². The van der Waals surface area contributed by atoms with Gasteiger partial charge in [0, 0.05) is 10.8 Å². The van der Waals surface area contributed by atoms with Crippen LogP contribution >= 0.6 is 0 Å². The number of fused-ring (bicyclic) bond motifs is 3. The molecule has 1 aromatic heterocycles. The smallest absolute Gasteiger partial charge is 0.139 e. The Labute approximate surface area is 172 Å². The van der Waals surface area contributed by atoms with Crippen molar-refractivity contribution in [1.29, 1.82) is 0 Å². The maximum absolute atomic E-state index is 6.31. The Kier molecular flexibility index (Phi) is 4.37. The number of hydrogen-bond acceptors (Lipinski definition) is 1. The lowest BCUT2D eigenvalue weighted by Crippen LogP contribution is -2.55. The summed E-state index contributed by atoms with van der Waals surface area (Å²) in [5, 5.41) is 2.51. The van der Waals surface area contributed by atoms with Gasteiger partial charge in [-0.1, -0.05) is 56.0 Å². The maximum Gasteiger partial charge on any atom is 0.139 e. The van der Waals surface area contributed by atoms with Crippen molar-refractivity contribution in [3.63, 3.8) is 0 Å². The quantitative estimate of drug-likeness (QED) is 0.353. The molecule has 0 spiro atoms. The van der Waals surface area contributed by atoms with Gasteiger partial charge in [-0.15, -0.1) is 16.4 Å². The van der Waals surface area contributed by atoms with Crippen LogP contribution in [0.2, 0.25) is 0 Å². The Bertz CT molecular complexity index is 1220. The Morgan fingerprint density at radius 3 is 1.71 bits per heavy atom. The van der Waals surface area contributed by atoms with Crippen LogP contribution in [0.1, 0.15) is 26.3 Å². The molecule has 4 aromatic rings. The van der Waals surface area contributed by atoms with E-state index < -0.39 is 0 Å². The van der Waals surface area contributed by atoms with Crippen molar-refractivity contribution in [3.8, 4) is 11.1 Å². The predicted octanol–water partition coefficient (Wildman–Crippen LogP) is -2.16. The van der Waals surface area contributed by atoms with Crippen LogP contribution in [0.4, 0.5) is 0 Å². The van der Waals surface area contributed by atoms with E-state index in [-0.39, 0.29) is 5.41 Å². The minimum atomic E-state index is 0.0482. The van der Waals surface area contributed by atoms with Gasteiger partial charge >= 0.3 is 0 Å². The standard InChI is InChI=1S/C22H25B5O/c1-22(2,3)11-7-5-9-13-16(11)14-10(6-4-8-12(14)28-13)15-17(23)19(25)21(27)20(26)18(15)24/h4-9H,23-27H2,1-3H3. The highest BCUT2D eigenvalue weighted by molar-refractivity contribution is 6.68. The fraction of sp³-hybridized carbons (Fsp3) is 0.182. The van der Waals surface area contributed by atoms with Gasteiger partial charge in [-0.25, -0.2) is 0 Å². The first-order chi connectivity index (χ1) is 13.1. The van der Waals surface area contributed by atoms with E-state index >= 15 is 0 Å². The highest BCUT2D eigenvalue weighted by Crippen LogP contribution is 2.40. The van der Waals surface area contributed by atoms with Gasteiger partial charge in [0.05, 0.1) is 0 Å². The lowest BCUT2D eigenvalue weighted by atomic mass is 9.59. The average molecular weight is 360 g/mol. The zero-order valence-electron chi connectivity index (χ0n) is 18.4. The van der Waals surface area contributed by atoms with Gasteiger partial charge in [-0.3, -0.25) is 0 Å². The van der Waals surface area contributed by atoms with Crippen LogP contribution < -0.4 is 27.3 Å². The van der Waals surface area contributed by atoms with E-state index in [4.69, 9.17) is 4.42 Å². The lowest BCUT2D eigenvalue weighted by Gasteiger charge is -2.22. The fourth-order valence-corrected chi connectivity index (χ4v) is 4.60. The van der Waals surface area contributed by atoms with Gasteiger partial charge in [0.25, 0.3) is 0 Å². The molecule has 4 rings (SSSR count). The maximum atomic E-state index is 6.31. The molecule has 0 unspecified atom stereocenters. The van der Waals surface area contributed by atoms with Crippen molar-refractivity contribution < 1.29 is 4.42 Å². The second-order valence-electron chi connectivity index (χ2n) is 9.21. The summed E-state index contributed by atoms with van der Waals surface area (Å²) in [6.45, 7) is 6.83. The molecule has 3 aromatic carbocycles.